The molecule has 4 rings (SSSR count). The number of ether oxygens (including phenoxy) is 1. The minimum Gasteiger partial charge on any atom is -0.494 e. The molecule has 1 amide bonds. The van der Waals surface area contributed by atoms with E-state index in [1.165, 1.54) is 24.3 Å². The van der Waals surface area contributed by atoms with Crippen molar-refractivity contribution >= 4 is 22.5 Å². The third-order valence-corrected chi connectivity index (χ3v) is 7.47. The first-order chi connectivity index (χ1) is 20.4. The summed E-state index contributed by atoms with van der Waals surface area (Å²) < 4.78 is 61.8. The fourth-order valence-corrected chi connectivity index (χ4v) is 5.12. The van der Waals surface area contributed by atoms with Crippen molar-refractivity contribution in [1.29, 1.82) is 0 Å². The first kappa shape index (κ1) is 32.1. The quantitative estimate of drug-likeness (QED) is 0.274. The van der Waals surface area contributed by atoms with Gasteiger partial charge in [0.05, 0.1) is 31.2 Å². The molecule has 1 fully saturated rings. The average molecular weight is 603 g/mol. The number of anilines is 1. The predicted octanol–water partition coefficient (Wildman–Crippen LogP) is 4.68. The van der Waals surface area contributed by atoms with Crippen molar-refractivity contribution in [2.24, 2.45) is 0 Å². The van der Waals surface area contributed by atoms with Gasteiger partial charge in [-0.15, -0.1) is 0 Å². The molecule has 0 radical (unpaired) electrons. The first-order valence-electron chi connectivity index (χ1n) is 14.1. The lowest BCUT2D eigenvalue weighted by atomic mass is 10.0. The van der Waals surface area contributed by atoms with Gasteiger partial charge in [-0.05, 0) is 50.0 Å². The van der Waals surface area contributed by atoms with Gasteiger partial charge >= 0.3 is 6.18 Å². The number of alkyl halides is 4. The third-order valence-electron chi connectivity index (χ3n) is 7.47. The van der Waals surface area contributed by atoms with Crippen molar-refractivity contribution in [1.82, 2.24) is 24.7 Å². The topological polar surface area (TPSA) is 74.7 Å². The van der Waals surface area contributed by atoms with Crippen LogP contribution >= 0.6 is 0 Å². The minimum atomic E-state index is -4.44. The van der Waals surface area contributed by atoms with Crippen molar-refractivity contribution in [2.75, 3.05) is 46.2 Å². The largest absolute Gasteiger partial charge is 0.494 e. The van der Waals surface area contributed by atoms with Gasteiger partial charge in [0, 0.05) is 62.8 Å². The highest BCUT2D eigenvalue weighted by atomic mass is 19.4. The van der Waals surface area contributed by atoms with E-state index in [2.05, 4.69) is 46.2 Å². The van der Waals surface area contributed by atoms with E-state index >= 15 is 0 Å². The smallest absolute Gasteiger partial charge is 0.406 e. The lowest BCUT2D eigenvalue weighted by molar-refractivity contribution is -0.140. The number of nitrogens with zero attached hydrogens (tertiary/aromatic N) is 4. The van der Waals surface area contributed by atoms with Crippen LogP contribution in [-0.2, 0) is 13.1 Å². The number of halogens is 4. The summed E-state index contributed by atoms with van der Waals surface area (Å²) in [6, 6.07) is 8.41. The van der Waals surface area contributed by atoms with E-state index in [0.717, 1.165) is 16.7 Å². The molecule has 0 saturated carbocycles. The number of rotatable bonds is 9. The second kappa shape index (κ2) is 13.7. The molecule has 1 aliphatic rings. The summed E-state index contributed by atoms with van der Waals surface area (Å²) in [6.07, 6.45) is -3.28. The normalized spacial score (nSPS) is 17.5. The van der Waals surface area contributed by atoms with E-state index < -0.39 is 18.9 Å². The van der Waals surface area contributed by atoms with Crippen LogP contribution in [0.5, 0.6) is 5.75 Å². The molecule has 0 aliphatic carbocycles. The lowest BCUT2D eigenvalue weighted by Crippen LogP contribution is -2.52. The number of aromatic nitrogens is 2. The molecule has 1 aliphatic heterocycles. The monoisotopic (exact) mass is 602 g/mol. The van der Waals surface area contributed by atoms with Crippen LogP contribution < -0.4 is 15.4 Å². The highest BCUT2D eigenvalue weighted by Gasteiger charge is 2.31. The zero-order valence-corrected chi connectivity index (χ0v) is 25.1. The highest BCUT2D eigenvalue weighted by Crippen LogP contribution is 2.27. The molecule has 43 heavy (non-hydrogen) atoms. The number of nitrogens with one attached hydrogen (secondary N) is 2. The fraction of sp³-hybridized carbons (Fsp3) is 0.484. The Morgan fingerprint density at radius 3 is 2.65 bits per heavy atom. The molecule has 2 N–H and O–H groups in total. The van der Waals surface area contributed by atoms with Gasteiger partial charge in [-0.2, -0.15) is 13.2 Å². The van der Waals surface area contributed by atoms with Gasteiger partial charge < -0.3 is 24.8 Å². The van der Waals surface area contributed by atoms with E-state index in [9.17, 15) is 22.4 Å². The summed E-state index contributed by atoms with van der Waals surface area (Å²) in [5.41, 5.74) is 2.20. The predicted molar refractivity (Wildman–Crippen MR) is 159 cm³/mol. The standard InChI is InChI=1S/C31H38F4N6O2/c1-20(2)40-12-10-25(24(32)18-40)37-16-21-8-9-28-22(13-21)14-23(41(28)19-31(33,34)35)7-6-11-36-27-17-38-26(15-29(27)43-5)30(42)39(3)4/h8-9,13-15,17,20,24-25,36-37H,10-12,16,18-19H2,1-5H3. The van der Waals surface area contributed by atoms with Gasteiger partial charge in [-0.25, -0.2) is 9.37 Å². The van der Waals surface area contributed by atoms with E-state index in [-0.39, 0.29) is 29.9 Å². The number of pyridine rings is 1. The Kier molecular flexibility index (Phi) is 10.2. The van der Waals surface area contributed by atoms with Crippen LogP contribution in [-0.4, -0.2) is 90.5 Å². The second-order valence-electron chi connectivity index (χ2n) is 11.1. The number of amides is 1. The number of fused-ring (bicyclic) bond motifs is 1. The van der Waals surface area contributed by atoms with E-state index in [1.54, 1.807) is 32.3 Å². The molecule has 0 spiro atoms. The molecule has 3 heterocycles. The second-order valence-corrected chi connectivity index (χ2v) is 11.1. The number of piperidine rings is 1. The molecular weight excluding hydrogens is 564 g/mol. The van der Waals surface area contributed by atoms with Crippen LogP contribution in [0.2, 0.25) is 0 Å². The molecule has 232 valence electrons. The van der Waals surface area contributed by atoms with Crippen LogP contribution in [0.1, 0.15) is 42.0 Å². The van der Waals surface area contributed by atoms with Crippen molar-refractivity contribution in [3.8, 4) is 17.6 Å². The summed E-state index contributed by atoms with van der Waals surface area (Å²) >= 11 is 0. The van der Waals surface area contributed by atoms with Gasteiger partial charge in [-0.3, -0.25) is 9.69 Å². The summed E-state index contributed by atoms with van der Waals surface area (Å²) in [4.78, 5) is 19.9. The third kappa shape index (κ3) is 8.18. The molecule has 8 nitrogen and oxygen atoms in total. The molecule has 3 aromatic rings. The molecule has 12 heteroatoms. The van der Waals surface area contributed by atoms with E-state index in [1.807, 2.05) is 6.07 Å². The van der Waals surface area contributed by atoms with Gasteiger partial charge in [0.15, 0.2) is 0 Å². The molecule has 0 bridgehead atoms. The summed E-state index contributed by atoms with van der Waals surface area (Å²) in [5, 5.41) is 6.96. The number of methoxy groups -OCH3 is 1. The van der Waals surface area contributed by atoms with Gasteiger partial charge in [0.2, 0.25) is 0 Å². The Labute approximate surface area is 249 Å². The number of carbonyl (C=O) groups is 1. The number of hydrogen-bond donors (Lipinski definition) is 2. The number of carbonyl (C=O) groups excluding carboxylic acids is 1. The number of hydrogen-bond acceptors (Lipinski definition) is 6. The van der Waals surface area contributed by atoms with Crippen LogP contribution in [0, 0.1) is 11.8 Å². The highest BCUT2D eigenvalue weighted by molar-refractivity contribution is 5.92. The van der Waals surface area contributed by atoms with E-state index in [4.69, 9.17) is 4.74 Å². The maximum absolute atomic E-state index is 14.7. The molecule has 2 aromatic heterocycles. The fourth-order valence-electron chi connectivity index (χ4n) is 5.12. The molecule has 2 atom stereocenters. The zero-order valence-electron chi connectivity index (χ0n) is 25.1. The zero-order chi connectivity index (χ0) is 31.3. The average Bonchev–Trinajstić information content (AvgIpc) is 3.28. The van der Waals surface area contributed by atoms with Crippen LogP contribution in [0.4, 0.5) is 23.2 Å². The maximum Gasteiger partial charge on any atom is 0.406 e. The Balaban J connectivity index is 1.48. The summed E-state index contributed by atoms with van der Waals surface area (Å²) in [7, 11) is 4.69. The number of likely N-dealkylation sites (tertiary alicyclic amines) is 1. The summed E-state index contributed by atoms with van der Waals surface area (Å²) in [6.45, 7) is 4.64. The van der Waals surface area contributed by atoms with Gasteiger partial charge in [0.25, 0.3) is 5.91 Å². The molecular formula is C31H38F4N6O2. The SMILES string of the molecule is COc1cc(C(=O)N(C)C)ncc1NCC#Cc1cc2cc(CNC3CCN(C(C)C)CC3F)ccc2n1CC(F)(F)F. The van der Waals surface area contributed by atoms with Crippen LogP contribution in [0.3, 0.4) is 0 Å². The molecule has 2 unspecified atom stereocenters. The van der Waals surface area contributed by atoms with Crippen molar-refractivity contribution in [2.45, 2.75) is 57.8 Å². The Morgan fingerprint density at radius 2 is 2.00 bits per heavy atom. The lowest BCUT2D eigenvalue weighted by Gasteiger charge is -2.37. The first-order valence-corrected chi connectivity index (χ1v) is 14.1. The molecule has 1 aromatic carbocycles. The van der Waals surface area contributed by atoms with Crippen molar-refractivity contribution in [3.63, 3.8) is 0 Å². The summed E-state index contributed by atoms with van der Waals surface area (Å²) in [5.74, 6) is 5.85. The van der Waals surface area contributed by atoms with Crippen LogP contribution in [0.25, 0.3) is 10.9 Å². The van der Waals surface area contributed by atoms with Crippen molar-refractivity contribution < 1.29 is 27.1 Å². The van der Waals surface area contributed by atoms with Gasteiger partial charge in [0.1, 0.15) is 24.2 Å². The van der Waals surface area contributed by atoms with E-state index in [0.29, 0.717) is 47.9 Å². The molecule has 1 saturated heterocycles. The Bertz CT molecular complexity index is 1490. The Hall–Kier alpha value is -3.82. The number of benzene rings is 1. The minimum absolute atomic E-state index is 0.0990. The van der Waals surface area contributed by atoms with Gasteiger partial charge in [-0.1, -0.05) is 12.0 Å². The maximum atomic E-state index is 14.7. The van der Waals surface area contributed by atoms with Crippen molar-refractivity contribution in [3.05, 3.63) is 53.5 Å². The van der Waals surface area contributed by atoms with Crippen LogP contribution in [0.15, 0.2) is 36.5 Å². The Morgan fingerprint density at radius 1 is 1.23 bits per heavy atom.